The number of nitrogens with zero attached hydrogens (tertiary/aromatic N) is 1. The molecule has 0 aliphatic carbocycles. The quantitative estimate of drug-likeness (QED) is 0.567. The molecule has 0 saturated heterocycles. The Morgan fingerprint density at radius 2 is 2.16 bits per heavy atom. The molecule has 2 aromatic rings. The zero-order valence-corrected chi connectivity index (χ0v) is 15.9. The van der Waals surface area contributed by atoms with Gasteiger partial charge in [-0.15, -0.1) is 0 Å². The number of carbonyl (C=O) groups excluding carboxylic acids is 1. The van der Waals surface area contributed by atoms with Gasteiger partial charge in [-0.25, -0.2) is 4.98 Å². The molecular formula is C17H20ClN3O3S. The normalized spacial score (nSPS) is 10.6. The summed E-state index contributed by atoms with van der Waals surface area (Å²) in [5, 5.41) is 3.79. The van der Waals surface area contributed by atoms with E-state index < -0.39 is 0 Å². The number of benzene rings is 1. The van der Waals surface area contributed by atoms with E-state index in [4.69, 9.17) is 16.3 Å². The number of hydrogen-bond donors (Lipinski definition) is 2. The fourth-order valence-electron chi connectivity index (χ4n) is 2.19. The number of H-pyrrole nitrogens is 1. The second kappa shape index (κ2) is 8.92. The Balaban J connectivity index is 2.04. The number of ether oxygens (including phenoxy) is 1. The van der Waals surface area contributed by atoms with Gasteiger partial charge in [0.25, 0.3) is 5.56 Å². The number of hydrogen-bond acceptors (Lipinski definition) is 5. The first-order valence-corrected chi connectivity index (χ1v) is 9.16. The molecule has 0 radical (unpaired) electrons. The topological polar surface area (TPSA) is 84.1 Å². The van der Waals surface area contributed by atoms with Gasteiger partial charge in [-0.2, -0.15) is 0 Å². The zero-order valence-electron chi connectivity index (χ0n) is 14.3. The van der Waals surface area contributed by atoms with Gasteiger partial charge in [0, 0.05) is 22.8 Å². The van der Waals surface area contributed by atoms with Crippen molar-refractivity contribution in [2.24, 2.45) is 0 Å². The lowest BCUT2D eigenvalue weighted by Crippen LogP contribution is -2.16. The van der Waals surface area contributed by atoms with Crippen molar-refractivity contribution >= 4 is 35.0 Å². The highest BCUT2D eigenvalue weighted by atomic mass is 35.5. The Hall–Kier alpha value is -1.99. The Morgan fingerprint density at radius 3 is 2.84 bits per heavy atom. The third-order valence-electron chi connectivity index (χ3n) is 3.37. The molecule has 0 unspecified atom stereocenters. The maximum Gasteiger partial charge on any atom is 0.251 e. The minimum absolute atomic E-state index is 0.114. The smallest absolute Gasteiger partial charge is 0.251 e. The molecule has 6 nitrogen and oxygen atoms in total. The van der Waals surface area contributed by atoms with Gasteiger partial charge >= 0.3 is 0 Å². The van der Waals surface area contributed by atoms with Gasteiger partial charge in [-0.3, -0.25) is 9.59 Å². The van der Waals surface area contributed by atoms with E-state index in [0.29, 0.717) is 21.6 Å². The van der Waals surface area contributed by atoms with E-state index in [-0.39, 0.29) is 17.2 Å². The summed E-state index contributed by atoms with van der Waals surface area (Å²) in [6.07, 6.45) is 1.63. The van der Waals surface area contributed by atoms with E-state index in [0.717, 1.165) is 24.1 Å². The first-order chi connectivity index (χ1) is 11.9. The highest BCUT2D eigenvalue weighted by molar-refractivity contribution is 7.99. The van der Waals surface area contributed by atoms with Crippen LogP contribution in [0.4, 0.5) is 5.69 Å². The fraction of sp³-hybridized carbons (Fsp3) is 0.353. The molecule has 2 rings (SSSR count). The van der Waals surface area contributed by atoms with Gasteiger partial charge in [0.2, 0.25) is 5.91 Å². The molecule has 0 saturated carbocycles. The molecule has 0 bridgehead atoms. The van der Waals surface area contributed by atoms with Crippen LogP contribution in [0.3, 0.4) is 0 Å². The van der Waals surface area contributed by atoms with Crippen LogP contribution < -0.4 is 15.6 Å². The number of aromatic nitrogens is 2. The molecule has 0 atom stereocenters. The minimum Gasteiger partial charge on any atom is -0.495 e. The number of rotatable bonds is 7. The summed E-state index contributed by atoms with van der Waals surface area (Å²) in [5.74, 6) is 0.377. The van der Waals surface area contributed by atoms with Gasteiger partial charge in [0.1, 0.15) is 5.75 Å². The molecule has 0 aliphatic heterocycles. The molecule has 8 heteroatoms. The van der Waals surface area contributed by atoms with Gasteiger partial charge in [0.05, 0.1) is 18.6 Å². The van der Waals surface area contributed by atoms with E-state index in [1.807, 2.05) is 13.8 Å². The average Bonchev–Trinajstić information content (AvgIpc) is 2.56. The summed E-state index contributed by atoms with van der Waals surface area (Å²) in [6, 6.07) is 4.90. The van der Waals surface area contributed by atoms with Crippen LogP contribution in [0, 0.1) is 6.92 Å². The number of carbonyl (C=O) groups is 1. The lowest BCUT2D eigenvalue weighted by Gasteiger charge is -2.12. The zero-order chi connectivity index (χ0) is 18.4. The van der Waals surface area contributed by atoms with Crippen LogP contribution in [0.2, 0.25) is 5.02 Å². The summed E-state index contributed by atoms with van der Waals surface area (Å²) >= 11 is 7.24. The number of halogens is 1. The van der Waals surface area contributed by atoms with Gasteiger partial charge in [0.15, 0.2) is 5.16 Å². The van der Waals surface area contributed by atoms with Crippen LogP contribution in [-0.2, 0) is 11.2 Å². The Bertz CT molecular complexity index is 823. The number of thioether (sulfide) groups is 1. The second-order valence-corrected chi connectivity index (χ2v) is 6.80. The van der Waals surface area contributed by atoms with Gasteiger partial charge < -0.3 is 15.0 Å². The van der Waals surface area contributed by atoms with Crippen molar-refractivity contribution in [3.63, 3.8) is 0 Å². The van der Waals surface area contributed by atoms with E-state index >= 15 is 0 Å². The average molecular weight is 382 g/mol. The highest BCUT2D eigenvalue weighted by Gasteiger charge is 2.12. The van der Waals surface area contributed by atoms with E-state index in [9.17, 15) is 9.59 Å². The third-order valence-corrected chi connectivity index (χ3v) is 4.65. The predicted molar refractivity (Wildman–Crippen MR) is 101 cm³/mol. The maximum absolute atomic E-state index is 12.2. The first kappa shape index (κ1) is 19.3. The van der Waals surface area contributed by atoms with Crippen molar-refractivity contribution in [3.05, 3.63) is 44.8 Å². The molecule has 0 fully saturated rings. The molecule has 0 spiro atoms. The fourth-order valence-corrected chi connectivity index (χ4v) is 3.03. The predicted octanol–water partition coefficient (Wildman–Crippen LogP) is 3.42. The number of aryl methyl sites for hydroxylation is 2. The van der Waals surface area contributed by atoms with E-state index in [2.05, 4.69) is 15.3 Å². The monoisotopic (exact) mass is 381 g/mol. The van der Waals surface area contributed by atoms with Crippen molar-refractivity contribution in [2.75, 3.05) is 18.2 Å². The summed E-state index contributed by atoms with van der Waals surface area (Å²) in [5.41, 5.74) is 1.90. The number of amides is 1. The molecule has 1 amide bonds. The lowest BCUT2D eigenvalue weighted by molar-refractivity contribution is -0.113. The summed E-state index contributed by atoms with van der Waals surface area (Å²) < 4.78 is 5.24. The van der Waals surface area contributed by atoms with Crippen molar-refractivity contribution in [1.29, 1.82) is 0 Å². The number of nitrogens with one attached hydrogen (secondary N) is 2. The molecule has 134 valence electrons. The number of anilines is 1. The van der Waals surface area contributed by atoms with Crippen LogP contribution in [0.25, 0.3) is 0 Å². The first-order valence-electron chi connectivity index (χ1n) is 7.80. The Labute approximate surface area is 155 Å². The standard InChI is InChI=1S/C17H20ClN3O3S/c1-4-5-11-7-15(22)21-17(19-11)25-9-16(23)20-13-6-10(2)12(18)8-14(13)24-3/h6-8H,4-5,9H2,1-3H3,(H,20,23)(H,19,21,22). The summed E-state index contributed by atoms with van der Waals surface area (Å²) in [7, 11) is 1.51. The largest absolute Gasteiger partial charge is 0.495 e. The van der Waals surface area contributed by atoms with Crippen molar-refractivity contribution in [1.82, 2.24) is 9.97 Å². The Morgan fingerprint density at radius 1 is 1.40 bits per heavy atom. The highest BCUT2D eigenvalue weighted by Crippen LogP contribution is 2.31. The van der Waals surface area contributed by atoms with Crippen LogP contribution in [0.15, 0.2) is 28.2 Å². The van der Waals surface area contributed by atoms with E-state index in [1.54, 1.807) is 12.1 Å². The molecule has 25 heavy (non-hydrogen) atoms. The SMILES string of the molecule is CCCc1cc(=O)[nH]c(SCC(=O)Nc2cc(C)c(Cl)cc2OC)n1. The van der Waals surface area contributed by atoms with Gasteiger partial charge in [-0.05, 0) is 25.0 Å². The van der Waals surface area contributed by atoms with Crippen LogP contribution in [0.1, 0.15) is 24.6 Å². The Kier molecular flexibility index (Phi) is 6.90. The maximum atomic E-state index is 12.2. The van der Waals surface area contributed by atoms with Crippen LogP contribution in [0.5, 0.6) is 5.75 Å². The van der Waals surface area contributed by atoms with Crippen molar-refractivity contribution in [3.8, 4) is 5.75 Å². The number of aromatic amines is 1. The molecular weight excluding hydrogens is 362 g/mol. The molecule has 2 N–H and O–H groups in total. The molecule has 0 aliphatic rings. The summed E-state index contributed by atoms with van der Waals surface area (Å²) in [6.45, 7) is 3.87. The molecule has 1 aromatic heterocycles. The summed E-state index contributed by atoms with van der Waals surface area (Å²) in [4.78, 5) is 30.8. The van der Waals surface area contributed by atoms with Crippen molar-refractivity contribution in [2.45, 2.75) is 31.8 Å². The molecule has 1 heterocycles. The van der Waals surface area contributed by atoms with Gasteiger partial charge in [-0.1, -0.05) is 36.7 Å². The molecule has 1 aromatic carbocycles. The third kappa shape index (κ3) is 5.51. The van der Waals surface area contributed by atoms with Crippen LogP contribution in [-0.4, -0.2) is 28.7 Å². The number of methoxy groups -OCH3 is 1. The van der Waals surface area contributed by atoms with Crippen LogP contribution >= 0.6 is 23.4 Å². The van der Waals surface area contributed by atoms with E-state index in [1.165, 1.54) is 24.9 Å². The minimum atomic E-state index is -0.228. The second-order valence-electron chi connectivity index (χ2n) is 5.43. The van der Waals surface area contributed by atoms with Crippen molar-refractivity contribution < 1.29 is 9.53 Å². The lowest BCUT2D eigenvalue weighted by atomic mass is 10.2.